The van der Waals surface area contributed by atoms with E-state index in [0.29, 0.717) is 12.0 Å². The summed E-state index contributed by atoms with van der Waals surface area (Å²) < 4.78 is 72.0. The van der Waals surface area contributed by atoms with E-state index in [9.17, 15) is 45.6 Å². The molecule has 5 aliphatic heterocycles. The van der Waals surface area contributed by atoms with Crippen LogP contribution in [0.15, 0.2) is 58.7 Å². The van der Waals surface area contributed by atoms with Gasteiger partial charge in [-0.1, -0.05) is 67.9 Å². The highest BCUT2D eigenvalue weighted by molar-refractivity contribution is 5.88. The minimum absolute atomic E-state index is 0.00743. The lowest BCUT2D eigenvalue weighted by Gasteiger charge is -2.51. The summed E-state index contributed by atoms with van der Waals surface area (Å²) in [6.07, 6.45) is -8.27. The molecule has 25 atom stereocenters. The zero-order valence-corrected chi connectivity index (χ0v) is 49.1. The molecule has 0 saturated carbocycles. The van der Waals surface area contributed by atoms with Gasteiger partial charge in [-0.25, -0.2) is 4.79 Å². The molecule has 0 aromatic heterocycles. The van der Waals surface area contributed by atoms with E-state index in [1.165, 1.54) is 35.4 Å². The largest absolute Gasteiger partial charge is 0.456 e. The van der Waals surface area contributed by atoms with E-state index in [4.69, 9.17) is 56.8 Å². The molecule has 0 bridgehead atoms. The van der Waals surface area contributed by atoms with Crippen molar-refractivity contribution in [2.45, 2.75) is 249 Å². The van der Waals surface area contributed by atoms with Crippen LogP contribution in [0.1, 0.15) is 115 Å². The molecule has 454 valence electrons. The second-order valence-corrected chi connectivity index (χ2v) is 23.0. The molecule has 0 unspecified atom stereocenters. The van der Waals surface area contributed by atoms with Crippen LogP contribution >= 0.6 is 0 Å². The molecular formula is C58H96O21. The van der Waals surface area contributed by atoms with Gasteiger partial charge in [-0.05, 0) is 74.3 Å². The van der Waals surface area contributed by atoms with Gasteiger partial charge in [0, 0.05) is 77.4 Å². The molecule has 8 N–H and O–H groups in total. The van der Waals surface area contributed by atoms with Crippen LogP contribution in [-0.4, -0.2) is 216 Å². The van der Waals surface area contributed by atoms with Crippen molar-refractivity contribution >= 4 is 5.97 Å². The fraction of sp³-hybridized carbons (Fsp3) is 0.810. The molecule has 5 rings (SSSR count). The Morgan fingerprint density at radius 3 is 2.05 bits per heavy atom. The number of allylic oxidation sites excluding steroid dienone is 7. The predicted molar refractivity (Wildman–Crippen MR) is 288 cm³/mol. The number of aliphatic hydroxyl groups is 8. The van der Waals surface area contributed by atoms with Crippen LogP contribution in [-0.2, 0) is 61.6 Å². The SMILES string of the molecule is COC[C@@H](C[C@H]1O[C@@](O)([C@H](O)[C@@H]2C[C@H](OC)[C@@H](O)CC/C=C(C)/C=C/[C@@H](O[C@@H]3O[C@@H](C)[C@@H](OC)[C@H](O)[C@@H]3O)[C@H](C)/C=C(C)/C=C(C)/C=C(\C)C(=O)O2)[C@H](C)[C@@H](O)[C@H]1C)O[C@H]1C[C@](C)(O)[C@@H](O[C@H]2C[C@@H](OC)[C@H](O)[C@@H](C)O2)[C@H](C)O1. The Bertz CT molecular complexity index is 2080. The van der Waals surface area contributed by atoms with Crippen molar-refractivity contribution in [1.82, 2.24) is 0 Å². The van der Waals surface area contributed by atoms with Crippen molar-refractivity contribution in [3.05, 3.63) is 58.7 Å². The number of methoxy groups -OCH3 is 4. The van der Waals surface area contributed by atoms with E-state index >= 15 is 0 Å². The van der Waals surface area contributed by atoms with E-state index in [1.54, 1.807) is 54.5 Å². The summed E-state index contributed by atoms with van der Waals surface area (Å²) in [6, 6.07) is 0. The number of carbonyl (C=O) groups is 1. The summed E-state index contributed by atoms with van der Waals surface area (Å²) in [5.41, 5.74) is 0.977. The van der Waals surface area contributed by atoms with Gasteiger partial charge in [-0.3, -0.25) is 0 Å². The van der Waals surface area contributed by atoms with E-state index in [1.807, 2.05) is 51.2 Å². The van der Waals surface area contributed by atoms with Crippen molar-refractivity contribution < 1.29 is 102 Å². The van der Waals surface area contributed by atoms with Crippen LogP contribution < -0.4 is 0 Å². The molecule has 4 saturated heterocycles. The van der Waals surface area contributed by atoms with Gasteiger partial charge in [0.05, 0.1) is 73.2 Å². The predicted octanol–water partition coefficient (Wildman–Crippen LogP) is 3.59. The number of hydrogen-bond acceptors (Lipinski definition) is 21. The highest BCUT2D eigenvalue weighted by atomic mass is 16.7. The number of rotatable bonds is 15. The first-order valence-electron chi connectivity index (χ1n) is 27.9. The Morgan fingerprint density at radius 2 is 1.42 bits per heavy atom. The van der Waals surface area contributed by atoms with Gasteiger partial charge in [-0.2, -0.15) is 0 Å². The third-order valence-corrected chi connectivity index (χ3v) is 16.4. The Hall–Kier alpha value is -2.59. The fourth-order valence-corrected chi connectivity index (χ4v) is 11.6. The van der Waals surface area contributed by atoms with Gasteiger partial charge in [0.25, 0.3) is 0 Å². The summed E-state index contributed by atoms with van der Waals surface area (Å²) in [7, 11) is 5.80. The first-order valence-corrected chi connectivity index (χ1v) is 27.9. The smallest absolute Gasteiger partial charge is 0.334 e. The van der Waals surface area contributed by atoms with Gasteiger partial charge in [0.2, 0.25) is 5.79 Å². The molecule has 21 heteroatoms. The van der Waals surface area contributed by atoms with Crippen molar-refractivity contribution in [3.63, 3.8) is 0 Å². The zero-order chi connectivity index (χ0) is 58.8. The molecule has 5 aliphatic rings. The molecule has 79 heavy (non-hydrogen) atoms. The Kier molecular flexibility index (Phi) is 25.3. The average Bonchev–Trinajstić information content (AvgIpc) is 3.46. The van der Waals surface area contributed by atoms with E-state index in [0.717, 1.165) is 11.1 Å². The minimum atomic E-state index is -2.54. The van der Waals surface area contributed by atoms with E-state index in [2.05, 4.69) is 0 Å². The van der Waals surface area contributed by atoms with Crippen molar-refractivity contribution in [2.24, 2.45) is 17.8 Å². The molecule has 0 aromatic carbocycles. The maximum absolute atomic E-state index is 14.1. The monoisotopic (exact) mass is 1130 g/mol. The Balaban J connectivity index is 1.37. The summed E-state index contributed by atoms with van der Waals surface area (Å²) in [6.45, 7) is 19.1. The minimum Gasteiger partial charge on any atom is -0.456 e. The molecule has 0 aromatic rings. The van der Waals surface area contributed by atoms with Crippen molar-refractivity contribution in [1.29, 1.82) is 0 Å². The second kappa shape index (κ2) is 29.8. The molecule has 0 spiro atoms. The number of hydrogen-bond donors (Lipinski definition) is 8. The average molecular weight is 1130 g/mol. The van der Waals surface area contributed by atoms with Crippen LogP contribution in [0.5, 0.6) is 0 Å². The number of esters is 1. The molecular weight excluding hydrogens is 1030 g/mol. The Labute approximate surface area is 467 Å². The third kappa shape index (κ3) is 17.3. The normalized spacial score (nSPS) is 46.7. The Morgan fingerprint density at radius 1 is 0.747 bits per heavy atom. The molecule has 0 aliphatic carbocycles. The fourth-order valence-electron chi connectivity index (χ4n) is 11.6. The van der Waals surface area contributed by atoms with Gasteiger partial charge in [-0.15, -0.1) is 0 Å². The lowest BCUT2D eigenvalue weighted by atomic mass is 9.76. The maximum atomic E-state index is 14.1. The van der Waals surface area contributed by atoms with E-state index in [-0.39, 0.29) is 50.2 Å². The summed E-state index contributed by atoms with van der Waals surface area (Å²) in [4.78, 5) is 14.1. The second-order valence-electron chi connectivity index (χ2n) is 23.0. The summed E-state index contributed by atoms with van der Waals surface area (Å²) >= 11 is 0. The van der Waals surface area contributed by atoms with Crippen LogP contribution in [0.4, 0.5) is 0 Å². The molecule has 5 heterocycles. The number of aliphatic hydroxyl groups excluding tert-OH is 6. The third-order valence-electron chi connectivity index (χ3n) is 16.4. The first kappa shape index (κ1) is 67.2. The van der Waals surface area contributed by atoms with Crippen LogP contribution in [0.2, 0.25) is 0 Å². The van der Waals surface area contributed by atoms with Crippen LogP contribution in [0, 0.1) is 17.8 Å². The first-order chi connectivity index (χ1) is 37.1. The molecule has 21 nitrogen and oxygen atoms in total. The zero-order valence-electron chi connectivity index (χ0n) is 49.1. The van der Waals surface area contributed by atoms with Crippen molar-refractivity contribution in [3.8, 4) is 0 Å². The van der Waals surface area contributed by atoms with E-state index < -0.39 is 152 Å². The number of carbonyl (C=O) groups excluding carboxylic acids is 1. The number of ether oxygens (including phenoxy) is 12. The molecule has 0 amide bonds. The summed E-state index contributed by atoms with van der Waals surface area (Å²) in [5.74, 6) is -5.45. The van der Waals surface area contributed by atoms with Crippen LogP contribution in [0.3, 0.4) is 0 Å². The molecule has 0 radical (unpaired) electrons. The summed E-state index contributed by atoms with van der Waals surface area (Å²) in [5, 5.41) is 92.6. The van der Waals surface area contributed by atoms with Crippen LogP contribution in [0.25, 0.3) is 0 Å². The van der Waals surface area contributed by atoms with Gasteiger partial charge >= 0.3 is 5.97 Å². The lowest BCUT2D eigenvalue weighted by Crippen LogP contribution is -2.66. The standard InChI is InChI=1S/C58H96O21/c1-29-17-16-18-40(59)43(69-13)25-45(76-55(65)33(5)23-31(3)21-30(2)22-32(4)41(20-19-29)77-56-51(63)50(62)52(71-15)37(9)74-56)53(64)58(67)35(7)48(60)34(6)42(79-58)24-39(28-68-12)75-47-27-57(11,66)54(38(10)73-47)78-46-26-44(70-14)49(61)36(8)72-46/h17,19-23,32,34-54,56,59-64,66-67H,16,18,24-28H2,1-15H3/b20-19+,29-17+,30-22+,31-21+,33-23+/t32-,34+,35-,36-,37+,38+,39-,40+,41-,42-,43+,44-,45+,46+,47+,48+,49-,50-,51+,52-,53-,54+,56+,57+,58-/m1/s1. The highest BCUT2D eigenvalue weighted by Crippen LogP contribution is 2.43. The molecule has 4 fully saturated rings. The lowest BCUT2D eigenvalue weighted by molar-refractivity contribution is -0.366. The quantitative estimate of drug-likeness (QED) is 0.109. The van der Waals surface area contributed by atoms with Gasteiger partial charge in [0.1, 0.15) is 42.7 Å². The number of cyclic esters (lactones) is 1. The van der Waals surface area contributed by atoms with Gasteiger partial charge in [0.15, 0.2) is 18.9 Å². The maximum Gasteiger partial charge on any atom is 0.334 e. The van der Waals surface area contributed by atoms with Gasteiger partial charge < -0.3 is 97.7 Å². The van der Waals surface area contributed by atoms with Crippen molar-refractivity contribution in [2.75, 3.05) is 35.0 Å². The topological polar surface area (TPSA) is 290 Å². The highest BCUT2D eigenvalue weighted by Gasteiger charge is 2.57.